The van der Waals surface area contributed by atoms with E-state index in [0.29, 0.717) is 0 Å². The Morgan fingerprint density at radius 2 is 1.26 bits per heavy atom. The maximum atomic E-state index is 13.9. The molecule has 1 amide bonds. The fourth-order valence-electron chi connectivity index (χ4n) is 4.40. The first-order valence-corrected chi connectivity index (χ1v) is 10.6. The number of amides is 1. The molecule has 0 unspecified atom stereocenters. The summed E-state index contributed by atoms with van der Waals surface area (Å²) in [5.41, 5.74) is 5.21. The van der Waals surface area contributed by atoms with Gasteiger partial charge < -0.3 is 0 Å². The number of benzene rings is 4. The number of para-hydroxylation sites is 2. The van der Waals surface area contributed by atoms with E-state index in [1.807, 2.05) is 89.8 Å². The van der Waals surface area contributed by atoms with Gasteiger partial charge in [0.2, 0.25) is 5.91 Å². The van der Waals surface area contributed by atoms with Crippen LogP contribution >= 0.6 is 0 Å². The van der Waals surface area contributed by atoms with Gasteiger partial charge in [0.05, 0.1) is 11.6 Å². The second-order valence-corrected chi connectivity index (χ2v) is 7.75. The number of allylic oxidation sites excluding steroid dienone is 1. The molecule has 0 fully saturated rings. The van der Waals surface area contributed by atoms with Crippen molar-refractivity contribution in [3.05, 3.63) is 138 Å². The Hall–Kier alpha value is -3.91. The van der Waals surface area contributed by atoms with Crippen LogP contribution in [0.1, 0.15) is 28.5 Å². The molecule has 1 heterocycles. The predicted molar refractivity (Wildman–Crippen MR) is 127 cm³/mol. The summed E-state index contributed by atoms with van der Waals surface area (Å²) < 4.78 is 0. The first kappa shape index (κ1) is 19.1. The Morgan fingerprint density at radius 1 is 0.677 bits per heavy atom. The summed E-state index contributed by atoms with van der Waals surface area (Å²) in [5, 5.41) is 0. The average molecular weight is 402 g/mol. The van der Waals surface area contributed by atoms with Crippen molar-refractivity contribution in [2.75, 3.05) is 4.90 Å². The maximum Gasteiger partial charge on any atom is 0.240 e. The van der Waals surface area contributed by atoms with Gasteiger partial charge in [-0.05, 0) is 34.9 Å². The van der Waals surface area contributed by atoms with Gasteiger partial charge in [-0.15, -0.1) is 0 Å². The Bertz CT molecular complexity index is 1200. The van der Waals surface area contributed by atoms with Gasteiger partial charge in [-0.25, -0.2) is 0 Å². The number of hydrogen-bond acceptors (Lipinski definition) is 1. The minimum atomic E-state index is -0.279. The van der Waals surface area contributed by atoms with Crippen LogP contribution in [0.4, 0.5) is 11.4 Å². The average Bonchev–Trinajstić information content (AvgIpc) is 3.13. The summed E-state index contributed by atoms with van der Waals surface area (Å²) in [6.07, 6.45) is 4.30. The summed E-state index contributed by atoms with van der Waals surface area (Å²) in [4.78, 5) is 15.7. The zero-order chi connectivity index (χ0) is 21.0. The molecule has 1 aliphatic rings. The maximum absolute atomic E-state index is 13.9. The van der Waals surface area contributed by atoms with E-state index >= 15 is 0 Å². The van der Waals surface area contributed by atoms with Crippen molar-refractivity contribution in [1.29, 1.82) is 0 Å². The molecule has 4 aromatic rings. The summed E-state index contributed by atoms with van der Waals surface area (Å²) in [5.74, 6) is -0.235. The lowest BCUT2D eigenvalue weighted by molar-refractivity contribution is -0.118. The standard InChI is InChI=1S/C29H23NO/c31-29-28(26-18-10-11-19-27(26)30(29)24-16-8-3-9-17-24)25(23-14-6-2-7-15-23)21-20-22-12-4-1-5-13-22/h1-21,25,28H/b21-20+/t25-,28+/m0/s1. The van der Waals surface area contributed by atoms with Crippen LogP contribution in [0.2, 0.25) is 0 Å². The molecule has 0 bridgehead atoms. The first-order chi connectivity index (χ1) is 15.3. The lowest BCUT2D eigenvalue weighted by Crippen LogP contribution is -2.26. The molecule has 5 rings (SSSR count). The third-order valence-electron chi connectivity index (χ3n) is 5.85. The third-order valence-corrected chi connectivity index (χ3v) is 5.85. The molecular weight excluding hydrogens is 378 g/mol. The second kappa shape index (κ2) is 8.45. The molecule has 0 saturated carbocycles. The molecule has 1 aliphatic heterocycles. The van der Waals surface area contributed by atoms with Crippen LogP contribution in [0.3, 0.4) is 0 Å². The highest BCUT2D eigenvalue weighted by atomic mass is 16.2. The van der Waals surface area contributed by atoms with E-state index in [1.165, 1.54) is 0 Å². The number of hydrogen-bond donors (Lipinski definition) is 0. The summed E-state index contributed by atoms with van der Waals surface area (Å²) >= 11 is 0. The van der Waals surface area contributed by atoms with Crippen LogP contribution in [-0.2, 0) is 4.79 Å². The van der Waals surface area contributed by atoms with Gasteiger partial charge in [0.25, 0.3) is 0 Å². The molecule has 150 valence electrons. The number of carbonyl (C=O) groups is 1. The molecule has 0 N–H and O–H groups in total. The van der Waals surface area contributed by atoms with Crippen molar-refractivity contribution >= 4 is 23.4 Å². The molecule has 0 aromatic heterocycles. The van der Waals surface area contributed by atoms with E-state index in [0.717, 1.165) is 28.1 Å². The highest BCUT2D eigenvalue weighted by Gasteiger charge is 2.42. The molecule has 0 spiro atoms. The molecule has 2 heteroatoms. The van der Waals surface area contributed by atoms with Crippen LogP contribution in [0.5, 0.6) is 0 Å². The molecule has 4 aromatic carbocycles. The SMILES string of the molecule is O=C1[C@H]([C@@H](/C=C/c2ccccc2)c2ccccc2)c2ccccc2N1c1ccccc1. The van der Waals surface area contributed by atoms with Crippen LogP contribution < -0.4 is 4.90 Å². The first-order valence-electron chi connectivity index (χ1n) is 10.6. The Morgan fingerprint density at radius 3 is 1.97 bits per heavy atom. The number of rotatable bonds is 5. The second-order valence-electron chi connectivity index (χ2n) is 7.75. The Kier molecular flexibility index (Phi) is 5.20. The third kappa shape index (κ3) is 3.69. The normalized spacial score (nSPS) is 16.5. The molecular formula is C29H23NO. The van der Waals surface area contributed by atoms with Gasteiger partial charge in [0, 0.05) is 11.6 Å². The van der Waals surface area contributed by atoms with Gasteiger partial charge in [-0.1, -0.05) is 109 Å². The summed E-state index contributed by atoms with van der Waals surface area (Å²) in [7, 11) is 0. The fraction of sp³-hybridized carbons (Fsp3) is 0.0690. The van der Waals surface area contributed by atoms with E-state index in [-0.39, 0.29) is 17.7 Å². The van der Waals surface area contributed by atoms with Gasteiger partial charge >= 0.3 is 0 Å². The van der Waals surface area contributed by atoms with Crippen molar-refractivity contribution in [2.24, 2.45) is 0 Å². The van der Waals surface area contributed by atoms with E-state index in [1.54, 1.807) is 0 Å². The lowest BCUT2D eigenvalue weighted by Gasteiger charge is -2.22. The van der Waals surface area contributed by atoms with Crippen LogP contribution in [-0.4, -0.2) is 5.91 Å². The minimum absolute atomic E-state index is 0.0660. The van der Waals surface area contributed by atoms with Crippen molar-refractivity contribution in [3.63, 3.8) is 0 Å². The topological polar surface area (TPSA) is 20.3 Å². The summed E-state index contributed by atoms with van der Waals surface area (Å²) in [6.45, 7) is 0. The van der Waals surface area contributed by atoms with Crippen molar-refractivity contribution < 1.29 is 4.79 Å². The zero-order valence-corrected chi connectivity index (χ0v) is 17.1. The zero-order valence-electron chi connectivity index (χ0n) is 17.1. The molecule has 2 atom stereocenters. The van der Waals surface area contributed by atoms with Gasteiger partial charge in [-0.3, -0.25) is 9.69 Å². The quantitative estimate of drug-likeness (QED) is 0.354. The fourth-order valence-corrected chi connectivity index (χ4v) is 4.40. The lowest BCUT2D eigenvalue weighted by atomic mass is 9.81. The highest BCUT2D eigenvalue weighted by Crippen LogP contribution is 2.48. The van der Waals surface area contributed by atoms with E-state index < -0.39 is 0 Å². The van der Waals surface area contributed by atoms with Crippen LogP contribution in [0.25, 0.3) is 6.08 Å². The van der Waals surface area contributed by atoms with E-state index in [9.17, 15) is 4.79 Å². The smallest absolute Gasteiger partial charge is 0.240 e. The van der Waals surface area contributed by atoms with Crippen LogP contribution in [0, 0.1) is 0 Å². The Balaban J connectivity index is 1.62. The predicted octanol–water partition coefficient (Wildman–Crippen LogP) is 6.95. The van der Waals surface area contributed by atoms with Crippen molar-refractivity contribution in [3.8, 4) is 0 Å². The number of fused-ring (bicyclic) bond motifs is 1. The monoisotopic (exact) mass is 401 g/mol. The largest absolute Gasteiger partial charge is 0.280 e. The molecule has 31 heavy (non-hydrogen) atoms. The van der Waals surface area contributed by atoms with Crippen molar-refractivity contribution in [1.82, 2.24) is 0 Å². The summed E-state index contributed by atoms with van der Waals surface area (Å²) in [6, 6.07) is 38.6. The van der Waals surface area contributed by atoms with E-state index in [4.69, 9.17) is 0 Å². The van der Waals surface area contributed by atoms with Gasteiger partial charge in [0.1, 0.15) is 0 Å². The van der Waals surface area contributed by atoms with Gasteiger partial charge in [-0.2, -0.15) is 0 Å². The number of carbonyl (C=O) groups excluding carboxylic acids is 1. The number of anilines is 2. The number of nitrogens with zero attached hydrogens (tertiary/aromatic N) is 1. The van der Waals surface area contributed by atoms with Crippen LogP contribution in [0.15, 0.2) is 121 Å². The molecule has 0 radical (unpaired) electrons. The highest BCUT2D eigenvalue weighted by molar-refractivity contribution is 6.11. The molecule has 2 nitrogen and oxygen atoms in total. The van der Waals surface area contributed by atoms with Gasteiger partial charge in [0.15, 0.2) is 0 Å². The molecule has 0 saturated heterocycles. The minimum Gasteiger partial charge on any atom is -0.280 e. The van der Waals surface area contributed by atoms with Crippen molar-refractivity contribution in [2.45, 2.75) is 11.8 Å². The Labute approximate surface area is 183 Å². The van der Waals surface area contributed by atoms with E-state index in [2.05, 4.69) is 42.5 Å². The molecule has 0 aliphatic carbocycles.